The molecule has 1 aliphatic carbocycles. The summed E-state index contributed by atoms with van der Waals surface area (Å²) in [5, 5.41) is 12.9. The molecule has 1 aliphatic rings. The molecule has 0 aromatic carbocycles. The molecule has 0 spiro atoms. The van der Waals surface area contributed by atoms with Crippen molar-refractivity contribution in [1.29, 1.82) is 0 Å². The van der Waals surface area contributed by atoms with Crippen molar-refractivity contribution in [3.8, 4) is 0 Å². The van der Waals surface area contributed by atoms with Gasteiger partial charge in [-0.3, -0.25) is 9.78 Å². The Balaban J connectivity index is 1.98. The number of rotatable bonds is 3. The van der Waals surface area contributed by atoms with Gasteiger partial charge >= 0.3 is 0 Å². The second-order valence-electron chi connectivity index (χ2n) is 5.04. The number of aromatic nitrogens is 1. The van der Waals surface area contributed by atoms with Gasteiger partial charge in [-0.15, -0.1) is 0 Å². The van der Waals surface area contributed by atoms with Gasteiger partial charge in [0.2, 0.25) is 0 Å². The van der Waals surface area contributed by atoms with E-state index in [0.29, 0.717) is 12.2 Å². The Morgan fingerprint density at radius 1 is 1.37 bits per heavy atom. The van der Waals surface area contributed by atoms with Crippen molar-refractivity contribution >= 4 is 5.91 Å². The van der Waals surface area contributed by atoms with Crippen LogP contribution in [-0.2, 0) is 6.54 Å². The number of hydrogen-bond donors (Lipinski definition) is 3. The molecule has 19 heavy (non-hydrogen) atoms. The van der Waals surface area contributed by atoms with Gasteiger partial charge in [0.1, 0.15) is 5.69 Å². The van der Waals surface area contributed by atoms with Crippen LogP contribution >= 0.6 is 0 Å². The van der Waals surface area contributed by atoms with Crippen molar-refractivity contribution in [2.75, 3.05) is 0 Å². The van der Waals surface area contributed by atoms with Crippen LogP contribution in [-0.4, -0.2) is 28.1 Å². The van der Waals surface area contributed by atoms with E-state index >= 15 is 0 Å². The van der Waals surface area contributed by atoms with E-state index in [1.54, 1.807) is 18.3 Å². The normalized spacial score (nSPS) is 23.7. The number of nitrogens with zero attached hydrogens (tertiary/aromatic N) is 1. The van der Waals surface area contributed by atoms with Crippen LogP contribution < -0.4 is 11.1 Å². The maximum atomic E-state index is 12.1. The van der Waals surface area contributed by atoms with Crippen molar-refractivity contribution in [2.45, 2.75) is 50.8 Å². The summed E-state index contributed by atoms with van der Waals surface area (Å²) in [7, 11) is 0. The SMILES string of the molecule is NCc1ccc(C(=O)NC2CCCCCC2O)nc1. The molecular formula is C14H21N3O2. The number of nitrogens with one attached hydrogen (secondary N) is 1. The second kappa shape index (κ2) is 6.63. The highest BCUT2D eigenvalue weighted by molar-refractivity contribution is 5.92. The highest BCUT2D eigenvalue weighted by atomic mass is 16.3. The van der Waals surface area contributed by atoms with Crippen molar-refractivity contribution in [2.24, 2.45) is 5.73 Å². The maximum Gasteiger partial charge on any atom is 0.270 e. The fourth-order valence-electron chi connectivity index (χ4n) is 2.38. The van der Waals surface area contributed by atoms with E-state index in [4.69, 9.17) is 5.73 Å². The molecule has 0 bridgehead atoms. The molecule has 1 saturated carbocycles. The number of aliphatic hydroxyl groups excluding tert-OH is 1. The van der Waals surface area contributed by atoms with Crippen LogP contribution in [0.4, 0.5) is 0 Å². The van der Waals surface area contributed by atoms with Gasteiger partial charge in [-0.05, 0) is 24.5 Å². The predicted molar refractivity (Wildman–Crippen MR) is 72.5 cm³/mol. The van der Waals surface area contributed by atoms with E-state index in [-0.39, 0.29) is 11.9 Å². The van der Waals surface area contributed by atoms with Crippen LogP contribution in [0.5, 0.6) is 0 Å². The van der Waals surface area contributed by atoms with Gasteiger partial charge in [0, 0.05) is 12.7 Å². The molecule has 104 valence electrons. The van der Waals surface area contributed by atoms with Gasteiger partial charge < -0.3 is 16.2 Å². The molecule has 1 aromatic heterocycles. The van der Waals surface area contributed by atoms with Crippen molar-refractivity contribution in [3.63, 3.8) is 0 Å². The number of hydrogen-bond acceptors (Lipinski definition) is 4. The molecule has 4 N–H and O–H groups in total. The topological polar surface area (TPSA) is 88.2 Å². The first-order chi connectivity index (χ1) is 9.20. The predicted octanol–water partition coefficient (Wildman–Crippen LogP) is 0.964. The van der Waals surface area contributed by atoms with E-state index in [2.05, 4.69) is 10.3 Å². The summed E-state index contributed by atoms with van der Waals surface area (Å²) < 4.78 is 0. The largest absolute Gasteiger partial charge is 0.391 e. The summed E-state index contributed by atoms with van der Waals surface area (Å²) in [6.07, 6.45) is 5.93. The first-order valence-electron chi connectivity index (χ1n) is 6.84. The second-order valence-corrected chi connectivity index (χ2v) is 5.04. The average molecular weight is 263 g/mol. The van der Waals surface area contributed by atoms with E-state index in [0.717, 1.165) is 37.7 Å². The fourth-order valence-corrected chi connectivity index (χ4v) is 2.38. The third-order valence-corrected chi connectivity index (χ3v) is 3.59. The van der Waals surface area contributed by atoms with Gasteiger partial charge in [-0.2, -0.15) is 0 Å². The van der Waals surface area contributed by atoms with Crippen LogP contribution in [0.3, 0.4) is 0 Å². The highest BCUT2D eigenvalue weighted by Crippen LogP contribution is 2.18. The molecule has 1 amide bonds. The summed E-state index contributed by atoms with van der Waals surface area (Å²) in [6, 6.07) is 3.30. The number of aliphatic hydroxyl groups is 1. The van der Waals surface area contributed by atoms with Gasteiger partial charge in [-0.1, -0.05) is 25.3 Å². The maximum absolute atomic E-state index is 12.1. The Kier molecular flexibility index (Phi) is 4.87. The standard InChI is InChI=1S/C14H21N3O2/c15-8-10-6-7-12(16-9-10)14(19)17-11-4-2-1-3-5-13(11)18/h6-7,9,11,13,18H,1-5,8,15H2,(H,17,19). The quantitative estimate of drug-likeness (QED) is 0.709. The fraction of sp³-hybridized carbons (Fsp3) is 0.571. The minimum atomic E-state index is -0.449. The summed E-state index contributed by atoms with van der Waals surface area (Å²) in [5.74, 6) is -0.227. The Morgan fingerprint density at radius 3 is 2.84 bits per heavy atom. The van der Waals surface area contributed by atoms with E-state index < -0.39 is 6.10 Å². The first-order valence-corrected chi connectivity index (χ1v) is 6.84. The third kappa shape index (κ3) is 3.75. The molecule has 5 nitrogen and oxygen atoms in total. The summed E-state index contributed by atoms with van der Waals surface area (Å²) in [5.41, 5.74) is 6.75. The smallest absolute Gasteiger partial charge is 0.270 e. The lowest BCUT2D eigenvalue weighted by Crippen LogP contribution is -2.42. The highest BCUT2D eigenvalue weighted by Gasteiger charge is 2.23. The monoisotopic (exact) mass is 263 g/mol. The van der Waals surface area contributed by atoms with Gasteiger partial charge in [-0.25, -0.2) is 0 Å². The van der Waals surface area contributed by atoms with E-state index in [9.17, 15) is 9.90 Å². The molecule has 5 heteroatoms. The lowest BCUT2D eigenvalue weighted by Gasteiger charge is -2.21. The van der Waals surface area contributed by atoms with Gasteiger partial charge in [0.05, 0.1) is 12.1 Å². The minimum absolute atomic E-state index is 0.161. The van der Waals surface area contributed by atoms with Crippen LogP contribution in [0.15, 0.2) is 18.3 Å². The van der Waals surface area contributed by atoms with E-state index in [1.807, 2.05) is 0 Å². The van der Waals surface area contributed by atoms with Crippen LogP contribution in [0.25, 0.3) is 0 Å². The molecular weight excluding hydrogens is 242 g/mol. The summed E-state index contributed by atoms with van der Waals surface area (Å²) in [4.78, 5) is 16.1. The molecule has 0 saturated heterocycles. The molecule has 1 aromatic rings. The zero-order chi connectivity index (χ0) is 13.7. The molecule has 1 heterocycles. The lowest BCUT2D eigenvalue weighted by atomic mass is 10.1. The minimum Gasteiger partial charge on any atom is -0.391 e. The molecule has 0 aliphatic heterocycles. The molecule has 2 atom stereocenters. The Bertz CT molecular complexity index is 419. The van der Waals surface area contributed by atoms with E-state index in [1.165, 1.54) is 0 Å². The summed E-state index contributed by atoms with van der Waals surface area (Å²) >= 11 is 0. The number of carbonyl (C=O) groups excluding carboxylic acids is 1. The zero-order valence-corrected chi connectivity index (χ0v) is 11.0. The van der Waals surface area contributed by atoms with Crippen LogP contribution in [0, 0.1) is 0 Å². The average Bonchev–Trinajstić information content (AvgIpc) is 2.64. The number of amides is 1. The third-order valence-electron chi connectivity index (χ3n) is 3.59. The Labute approximate surface area is 113 Å². The molecule has 2 unspecified atom stereocenters. The Hall–Kier alpha value is -1.46. The number of pyridine rings is 1. The van der Waals surface area contributed by atoms with Crippen molar-refractivity contribution < 1.29 is 9.90 Å². The molecule has 1 fully saturated rings. The molecule has 0 radical (unpaired) electrons. The van der Waals surface area contributed by atoms with Gasteiger partial charge in [0.25, 0.3) is 5.91 Å². The van der Waals surface area contributed by atoms with Gasteiger partial charge in [0.15, 0.2) is 0 Å². The van der Waals surface area contributed by atoms with Crippen LogP contribution in [0.2, 0.25) is 0 Å². The number of carbonyl (C=O) groups is 1. The Morgan fingerprint density at radius 2 is 2.16 bits per heavy atom. The van der Waals surface area contributed by atoms with Crippen molar-refractivity contribution in [1.82, 2.24) is 10.3 Å². The first kappa shape index (κ1) is 14.0. The number of nitrogens with two attached hydrogens (primary N) is 1. The van der Waals surface area contributed by atoms with Crippen LogP contribution in [0.1, 0.15) is 48.2 Å². The summed E-state index contributed by atoms with van der Waals surface area (Å²) in [6.45, 7) is 0.413. The molecule has 2 rings (SSSR count). The van der Waals surface area contributed by atoms with Crippen molar-refractivity contribution in [3.05, 3.63) is 29.6 Å². The zero-order valence-electron chi connectivity index (χ0n) is 11.0. The lowest BCUT2D eigenvalue weighted by molar-refractivity contribution is 0.0814.